The number of hydrogen-bond donors (Lipinski definition) is 2. The molecular weight excluding hydrogens is 330 g/mol. The van der Waals surface area contributed by atoms with Gasteiger partial charge in [0.2, 0.25) is 0 Å². The van der Waals surface area contributed by atoms with Gasteiger partial charge in [0, 0.05) is 23.0 Å². The Kier molecular flexibility index (Phi) is 6.77. The Morgan fingerprint density at radius 3 is 2.68 bits per heavy atom. The van der Waals surface area contributed by atoms with Crippen LogP contribution in [0.1, 0.15) is 16.8 Å². The topological polar surface area (TPSA) is 45.9 Å². The third kappa shape index (κ3) is 5.14. The number of quaternary nitrogens is 1. The van der Waals surface area contributed by atoms with Crippen LogP contribution in [0.5, 0.6) is 0 Å². The molecule has 0 bridgehead atoms. The van der Waals surface area contributed by atoms with Crippen LogP contribution in [-0.2, 0) is 0 Å². The van der Waals surface area contributed by atoms with E-state index in [1.165, 1.54) is 4.90 Å². The van der Waals surface area contributed by atoms with E-state index < -0.39 is 0 Å². The lowest BCUT2D eigenvalue weighted by atomic mass is 10.2. The molecule has 4 nitrogen and oxygen atoms in total. The fourth-order valence-corrected chi connectivity index (χ4v) is 1.93. The molecule has 0 aliphatic carbocycles. The fraction of sp³-hybridized carbons (Fsp3) is 0.231. The highest BCUT2D eigenvalue weighted by molar-refractivity contribution is 9.10. The van der Waals surface area contributed by atoms with Gasteiger partial charge in [0.25, 0.3) is 5.91 Å². The number of nitrogens with one attached hydrogen (secondary N) is 2. The van der Waals surface area contributed by atoms with Gasteiger partial charge in [-0.25, -0.2) is 4.99 Å². The van der Waals surface area contributed by atoms with Crippen LogP contribution in [0.4, 0.5) is 0 Å². The normalized spacial score (nSPS) is 16.2. The Bertz CT molecular complexity index is 461. The zero-order valence-corrected chi connectivity index (χ0v) is 12.6. The smallest absolute Gasteiger partial charge is 0.251 e. The van der Waals surface area contributed by atoms with Crippen LogP contribution >= 0.6 is 15.9 Å². The van der Waals surface area contributed by atoms with Crippen LogP contribution in [-0.4, -0.2) is 25.3 Å². The van der Waals surface area contributed by atoms with Crippen molar-refractivity contribution in [1.82, 2.24) is 5.32 Å². The average Bonchev–Trinajstić information content (AvgIpc) is 2.88. The van der Waals surface area contributed by atoms with Crippen molar-refractivity contribution in [1.29, 1.82) is 0 Å². The van der Waals surface area contributed by atoms with Crippen LogP contribution < -0.4 is 22.6 Å². The second-order valence-electron chi connectivity index (χ2n) is 4.04. The summed E-state index contributed by atoms with van der Waals surface area (Å²) in [6.07, 6.45) is 6.57. The van der Waals surface area contributed by atoms with Gasteiger partial charge in [-0.05, 0) is 24.3 Å². The molecular formula is C13H15BrClN3O. The molecule has 1 amide bonds. The molecule has 1 aliphatic rings. The van der Waals surface area contributed by atoms with Gasteiger partial charge in [0.1, 0.15) is 6.20 Å². The maximum atomic E-state index is 11.8. The number of benzene rings is 1. The molecule has 0 radical (unpaired) electrons. The molecule has 1 aromatic rings. The quantitative estimate of drug-likeness (QED) is 0.595. The van der Waals surface area contributed by atoms with Gasteiger partial charge < -0.3 is 17.7 Å². The summed E-state index contributed by atoms with van der Waals surface area (Å²) in [6.45, 7) is 1.63. The van der Waals surface area contributed by atoms with Crippen molar-refractivity contribution in [2.45, 2.75) is 6.42 Å². The van der Waals surface area contributed by atoms with E-state index in [0.717, 1.165) is 17.4 Å². The number of rotatable bonds is 5. The maximum Gasteiger partial charge on any atom is 0.251 e. The molecule has 1 aliphatic heterocycles. The number of halogens is 2. The van der Waals surface area contributed by atoms with Gasteiger partial charge in [-0.15, -0.1) is 0 Å². The molecule has 0 spiro atoms. The molecule has 102 valence electrons. The molecule has 2 N–H and O–H groups in total. The average molecular weight is 345 g/mol. The minimum atomic E-state index is -0.0249. The Morgan fingerprint density at radius 1 is 1.32 bits per heavy atom. The highest BCUT2D eigenvalue weighted by atomic mass is 79.9. The van der Waals surface area contributed by atoms with Gasteiger partial charge in [-0.1, -0.05) is 15.9 Å². The second-order valence-corrected chi connectivity index (χ2v) is 4.95. The first-order valence-corrected chi connectivity index (χ1v) is 6.64. The van der Waals surface area contributed by atoms with E-state index in [4.69, 9.17) is 0 Å². The Balaban J connectivity index is 0.00000180. The van der Waals surface area contributed by atoms with Crippen molar-refractivity contribution in [3.05, 3.63) is 46.7 Å². The first-order valence-electron chi connectivity index (χ1n) is 5.85. The van der Waals surface area contributed by atoms with Gasteiger partial charge in [-0.3, -0.25) is 9.69 Å². The molecule has 2 rings (SSSR count). The van der Waals surface area contributed by atoms with Crippen LogP contribution in [0.2, 0.25) is 0 Å². The lowest BCUT2D eigenvalue weighted by Gasteiger charge is -2.07. The minimum Gasteiger partial charge on any atom is -1.00 e. The zero-order chi connectivity index (χ0) is 12.8. The minimum absolute atomic E-state index is 0. The summed E-state index contributed by atoms with van der Waals surface area (Å²) in [5, 5.41) is 2.91. The number of carbonyl (C=O) groups is 1. The van der Waals surface area contributed by atoms with Gasteiger partial charge >= 0.3 is 0 Å². The number of aliphatic imine (C=N–C) groups is 1. The van der Waals surface area contributed by atoms with E-state index in [1.54, 1.807) is 18.3 Å². The molecule has 0 saturated heterocycles. The monoisotopic (exact) mass is 343 g/mol. The van der Waals surface area contributed by atoms with E-state index >= 15 is 0 Å². The predicted molar refractivity (Wildman–Crippen MR) is 74.6 cm³/mol. The first-order chi connectivity index (χ1) is 8.75. The van der Waals surface area contributed by atoms with E-state index in [2.05, 4.69) is 26.2 Å². The molecule has 0 aromatic heterocycles. The summed E-state index contributed by atoms with van der Waals surface area (Å²) < 4.78 is 0.975. The number of hydrogen-bond acceptors (Lipinski definition) is 2. The molecule has 0 saturated carbocycles. The molecule has 1 atom stereocenters. The highest BCUT2D eigenvalue weighted by Crippen LogP contribution is 2.10. The van der Waals surface area contributed by atoms with Crippen molar-refractivity contribution < 1.29 is 22.1 Å². The van der Waals surface area contributed by atoms with Gasteiger partial charge in [0.15, 0.2) is 6.34 Å². The van der Waals surface area contributed by atoms with E-state index in [0.29, 0.717) is 12.1 Å². The predicted octanol–water partition coefficient (Wildman–Crippen LogP) is -2.03. The number of nitrogens with zero attached hydrogens (tertiary/aromatic N) is 1. The molecule has 1 unspecified atom stereocenters. The van der Waals surface area contributed by atoms with Crippen LogP contribution in [0, 0.1) is 0 Å². The van der Waals surface area contributed by atoms with Gasteiger partial charge in [-0.2, -0.15) is 0 Å². The van der Waals surface area contributed by atoms with Gasteiger partial charge in [0.05, 0.1) is 12.7 Å². The molecule has 1 aromatic carbocycles. The Labute approximate surface area is 127 Å². The summed E-state index contributed by atoms with van der Waals surface area (Å²) in [5.74, 6) is -0.0249. The zero-order valence-electron chi connectivity index (χ0n) is 10.3. The Hall–Kier alpha value is -1.17. The fourth-order valence-electron chi connectivity index (χ4n) is 1.67. The summed E-state index contributed by atoms with van der Waals surface area (Å²) >= 11 is 3.34. The SMILES string of the molecule is O=C(NCCC[NH+]1C=CN=C1)c1ccc(Br)cc1.[Cl-]. The Morgan fingerprint density at radius 2 is 2.05 bits per heavy atom. The van der Waals surface area contributed by atoms with Crippen molar-refractivity contribution in [2.75, 3.05) is 13.1 Å². The number of carbonyl (C=O) groups excluding carboxylic acids is 1. The lowest BCUT2D eigenvalue weighted by Crippen LogP contribution is -3.05. The van der Waals surface area contributed by atoms with Crippen molar-refractivity contribution in [2.24, 2.45) is 4.99 Å². The van der Waals surface area contributed by atoms with E-state index in [-0.39, 0.29) is 18.3 Å². The third-order valence-corrected chi connectivity index (χ3v) is 3.18. The summed E-state index contributed by atoms with van der Waals surface area (Å²) in [7, 11) is 0. The summed E-state index contributed by atoms with van der Waals surface area (Å²) in [4.78, 5) is 17.0. The van der Waals surface area contributed by atoms with Crippen LogP contribution in [0.3, 0.4) is 0 Å². The summed E-state index contributed by atoms with van der Waals surface area (Å²) in [5.41, 5.74) is 0.688. The second kappa shape index (κ2) is 8.09. The standard InChI is InChI=1S/C13H14BrN3O.ClH/c14-12-4-2-11(3-5-12)13(18)16-6-1-8-17-9-7-15-10-17;/h2-5,7,9-10H,1,6,8H2,(H,16,18);1H. The molecule has 6 heteroatoms. The van der Waals surface area contributed by atoms with E-state index in [9.17, 15) is 4.79 Å². The van der Waals surface area contributed by atoms with Crippen molar-refractivity contribution in [3.63, 3.8) is 0 Å². The number of amides is 1. The molecule has 19 heavy (non-hydrogen) atoms. The van der Waals surface area contributed by atoms with Crippen LogP contribution in [0.15, 0.2) is 46.1 Å². The molecule has 1 heterocycles. The lowest BCUT2D eigenvalue weighted by molar-refractivity contribution is -0.736. The van der Waals surface area contributed by atoms with Crippen molar-refractivity contribution in [3.8, 4) is 0 Å². The van der Waals surface area contributed by atoms with Crippen LogP contribution in [0.25, 0.3) is 0 Å². The van der Waals surface area contributed by atoms with E-state index in [1.807, 2.05) is 24.7 Å². The summed E-state index contributed by atoms with van der Waals surface area (Å²) in [6, 6.07) is 7.34. The third-order valence-electron chi connectivity index (χ3n) is 2.65. The largest absolute Gasteiger partial charge is 1.00 e. The molecule has 0 fully saturated rings. The van der Waals surface area contributed by atoms with Crippen molar-refractivity contribution >= 4 is 28.2 Å². The maximum absolute atomic E-state index is 11.8. The highest BCUT2D eigenvalue weighted by Gasteiger charge is 2.07. The first kappa shape index (κ1) is 15.9.